The zero-order chi connectivity index (χ0) is 8.55. The molecule has 0 radical (unpaired) electrons. The number of carbonyl (C=O) groups excluding carboxylic acids is 1. The molecular formula is C9H16N2O. The molecule has 0 bridgehead atoms. The van der Waals surface area contributed by atoms with Crippen LogP contribution in [0.3, 0.4) is 0 Å². The maximum Gasteiger partial charge on any atom is 0.222 e. The molecule has 2 aliphatic rings. The number of carbonyl (C=O) groups is 1. The van der Waals surface area contributed by atoms with Crippen molar-refractivity contribution in [2.24, 2.45) is 11.7 Å². The van der Waals surface area contributed by atoms with Crippen LogP contribution in [-0.2, 0) is 4.79 Å². The highest BCUT2D eigenvalue weighted by molar-refractivity contribution is 5.78. The molecule has 0 spiro atoms. The molecule has 3 heteroatoms. The van der Waals surface area contributed by atoms with Crippen molar-refractivity contribution in [3.05, 3.63) is 0 Å². The van der Waals surface area contributed by atoms with E-state index in [0.29, 0.717) is 18.5 Å². The second kappa shape index (κ2) is 3.05. The summed E-state index contributed by atoms with van der Waals surface area (Å²) in [7, 11) is 0. The van der Waals surface area contributed by atoms with E-state index in [4.69, 9.17) is 5.73 Å². The van der Waals surface area contributed by atoms with Gasteiger partial charge in [-0.3, -0.25) is 4.79 Å². The van der Waals surface area contributed by atoms with Gasteiger partial charge in [-0.1, -0.05) is 0 Å². The van der Waals surface area contributed by atoms with Crippen molar-refractivity contribution in [2.75, 3.05) is 13.1 Å². The van der Waals surface area contributed by atoms with Gasteiger partial charge in [-0.25, -0.2) is 0 Å². The molecule has 1 aliphatic heterocycles. The molecule has 1 saturated carbocycles. The highest BCUT2D eigenvalue weighted by Crippen LogP contribution is 2.36. The van der Waals surface area contributed by atoms with Crippen molar-refractivity contribution in [1.82, 2.24) is 4.90 Å². The minimum absolute atomic E-state index is 0.317. The van der Waals surface area contributed by atoms with Gasteiger partial charge in [0.2, 0.25) is 5.91 Å². The van der Waals surface area contributed by atoms with Gasteiger partial charge in [0.25, 0.3) is 0 Å². The van der Waals surface area contributed by atoms with E-state index in [1.54, 1.807) is 0 Å². The van der Waals surface area contributed by atoms with E-state index in [2.05, 4.69) is 0 Å². The van der Waals surface area contributed by atoms with Crippen LogP contribution in [0.4, 0.5) is 0 Å². The summed E-state index contributed by atoms with van der Waals surface area (Å²) < 4.78 is 0. The fourth-order valence-corrected chi connectivity index (χ4v) is 2.07. The average molecular weight is 168 g/mol. The summed E-state index contributed by atoms with van der Waals surface area (Å²) >= 11 is 0. The average Bonchev–Trinajstić information content (AvgIpc) is 2.80. The lowest BCUT2D eigenvalue weighted by Crippen LogP contribution is -2.42. The van der Waals surface area contributed by atoms with Gasteiger partial charge in [0.15, 0.2) is 0 Å². The van der Waals surface area contributed by atoms with Crippen LogP contribution in [0.1, 0.15) is 25.7 Å². The van der Waals surface area contributed by atoms with Crippen LogP contribution in [0.5, 0.6) is 0 Å². The lowest BCUT2D eigenvalue weighted by molar-refractivity contribution is -0.129. The molecule has 0 aromatic rings. The smallest absolute Gasteiger partial charge is 0.222 e. The molecule has 0 aromatic carbocycles. The maximum absolute atomic E-state index is 11.4. The van der Waals surface area contributed by atoms with E-state index in [-0.39, 0.29) is 0 Å². The van der Waals surface area contributed by atoms with Crippen LogP contribution in [0, 0.1) is 5.92 Å². The molecule has 1 atom stereocenters. The third-order valence-electron chi connectivity index (χ3n) is 2.92. The fraction of sp³-hybridized carbons (Fsp3) is 0.889. The Morgan fingerprint density at radius 1 is 1.58 bits per heavy atom. The van der Waals surface area contributed by atoms with E-state index in [0.717, 1.165) is 25.3 Å². The normalized spacial score (nSPS) is 26.4. The lowest BCUT2D eigenvalue weighted by atomic mass is 10.1. The highest BCUT2D eigenvalue weighted by Gasteiger charge is 2.37. The zero-order valence-electron chi connectivity index (χ0n) is 7.33. The molecule has 1 amide bonds. The van der Waals surface area contributed by atoms with Crippen LogP contribution in [-0.4, -0.2) is 29.9 Å². The molecule has 68 valence electrons. The summed E-state index contributed by atoms with van der Waals surface area (Å²) in [5.41, 5.74) is 5.66. The van der Waals surface area contributed by atoms with Crippen molar-refractivity contribution in [3.8, 4) is 0 Å². The van der Waals surface area contributed by atoms with E-state index in [1.807, 2.05) is 4.90 Å². The third-order valence-corrected chi connectivity index (χ3v) is 2.92. The SMILES string of the molecule is NCC(C1CC1)N1CCCC1=O. The van der Waals surface area contributed by atoms with Crippen LogP contribution < -0.4 is 5.73 Å². The molecule has 2 fully saturated rings. The number of nitrogens with two attached hydrogens (primary N) is 1. The van der Waals surface area contributed by atoms with Crippen molar-refractivity contribution in [1.29, 1.82) is 0 Å². The molecule has 3 nitrogen and oxygen atoms in total. The van der Waals surface area contributed by atoms with Crippen LogP contribution >= 0.6 is 0 Å². The van der Waals surface area contributed by atoms with E-state index < -0.39 is 0 Å². The van der Waals surface area contributed by atoms with Crippen molar-refractivity contribution in [2.45, 2.75) is 31.7 Å². The lowest BCUT2D eigenvalue weighted by Gasteiger charge is -2.26. The van der Waals surface area contributed by atoms with Gasteiger partial charge in [-0.2, -0.15) is 0 Å². The monoisotopic (exact) mass is 168 g/mol. The largest absolute Gasteiger partial charge is 0.338 e. The fourth-order valence-electron chi connectivity index (χ4n) is 2.07. The number of amides is 1. The minimum atomic E-state index is 0.317. The van der Waals surface area contributed by atoms with E-state index >= 15 is 0 Å². The number of rotatable bonds is 3. The molecule has 0 aromatic heterocycles. The van der Waals surface area contributed by atoms with Gasteiger partial charge < -0.3 is 10.6 Å². The first-order chi connectivity index (χ1) is 5.83. The number of nitrogens with zero attached hydrogens (tertiary/aromatic N) is 1. The van der Waals surface area contributed by atoms with Gasteiger partial charge in [-0.15, -0.1) is 0 Å². The zero-order valence-corrected chi connectivity index (χ0v) is 7.33. The van der Waals surface area contributed by atoms with Crippen molar-refractivity contribution < 1.29 is 4.79 Å². The Labute approximate surface area is 72.9 Å². The summed E-state index contributed by atoms with van der Waals surface area (Å²) in [5.74, 6) is 1.04. The van der Waals surface area contributed by atoms with Crippen LogP contribution in [0.25, 0.3) is 0 Å². The van der Waals surface area contributed by atoms with Gasteiger partial charge in [0.05, 0.1) is 0 Å². The first-order valence-corrected chi connectivity index (χ1v) is 4.82. The van der Waals surface area contributed by atoms with Gasteiger partial charge in [0.1, 0.15) is 0 Å². The van der Waals surface area contributed by atoms with Gasteiger partial charge in [-0.05, 0) is 25.2 Å². The van der Waals surface area contributed by atoms with E-state index in [9.17, 15) is 4.79 Å². The number of hydrogen-bond acceptors (Lipinski definition) is 2. The predicted octanol–water partition coefficient (Wildman–Crippen LogP) is 0.346. The molecule has 2 N–H and O–H groups in total. The maximum atomic E-state index is 11.4. The Morgan fingerprint density at radius 2 is 2.33 bits per heavy atom. The number of likely N-dealkylation sites (tertiary alicyclic amines) is 1. The van der Waals surface area contributed by atoms with Crippen molar-refractivity contribution in [3.63, 3.8) is 0 Å². The molecule has 1 heterocycles. The first-order valence-electron chi connectivity index (χ1n) is 4.82. The van der Waals surface area contributed by atoms with Crippen molar-refractivity contribution >= 4 is 5.91 Å². The third kappa shape index (κ3) is 1.33. The molecule has 12 heavy (non-hydrogen) atoms. The Morgan fingerprint density at radius 3 is 2.75 bits per heavy atom. The molecule has 1 aliphatic carbocycles. The van der Waals surface area contributed by atoms with Crippen LogP contribution in [0.2, 0.25) is 0 Å². The number of hydrogen-bond donors (Lipinski definition) is 1. The summed E-state index contributed by atoms with van der Waals surface area (Å²) in [6.07, 6.45) is 4.31. The standard InChI is InChI=1S/C9H16N2O/c10-6-8(7-3-4-7)11-5-1-2-9(11)12/h7-8H,1-6,10H2. The first kappa shape index (κ1) is 8.05. The Kier molecular flexibility index (Phi) is 2.05. The molecule has 1 unspecified atom stereocenters. The summed E-state index contributed by atoms with van der Waals surface area (Å²) in [5, 5.41) is 0. The predicted molar refractivity (Wildman–Crippen MR) is 46.5 cm³/mol. The summed E-state index contributed by atoms with van der Waals surface area (Å²) in [6.45, 7) is 1.59. The molecular weight excluding hydrogens is 152 g/mol. The molecule has 1 saturated heterocycles. The minimum Gasteiger partial charge on any atom is -0.338 e. The second-order valence-electron chi connectivity index (χ2n) is 3.83. The van der Waals surface area contributed by atoms with Gasteiger partial charge in [0, 0.05) is 25.6 Å². The quantitative estimate of drug-likeness (QED) is 0.660. The Bertz CT molecular complexity index is 189. The van der Waals surface area contributed by atoms with E-state index in [1.165, 1.54) is 12.8 Å². The highest BCUT2D eigenvalue weighted by atomic mass is 16.2. The van der Waals surface area contributed by atoms with Gasteiger partial charge >= 0.3 is 0 Å². The summed E-state index contributed by atoms with van der Waals surface area (Å²) in [4.78, 5) is 13.4. The molecule has 2 rings (SSSR count). The Hall–Kier alpha value is -0.570. The Balaban J connectivity index is 1.99. The topological polar surface area (TPSA) is 46.3 Å². The van der Waals surface area contributed by atoms with Crippen LogP contribution in [0.15, 0.2) is 0 Å². The second-order valence-corrected chi connectivity index (χ2v) is 3.83. The summed E-state index contributed by atoms with van der Waals surface area (Å²) in [6, 6.07) is 0.361.